The molecule has 0 spiro atoms. The van der Waals surface area contributed by atoms with Gasteiger partial charge in [0.2, 0.25) is 0 Å². The number of alkyl halides is 1. The highest BCUT2D eigenvalue weighted by atomic mass is 35.5. The number of ether oxygens (including phenoxy) is 1. The molecule has 0 aliphatic rings. The van der Waals surface area contributed by atoms with Crippen LogP contribution in [0.1, 0.15) is 22.1 Å². The van der Waals surface area contributed by atoms with Crippen molar-refractivity contribution in [3.8, 4) is 5.75 Å². The maximum Gasteiger partial charge on any atom is 0.131 e. The zero-order chi connectivity index (χ0) is 12.4. The zero-order valence-electron chi connectivity index (χ0n) is 9.54. The Morgan fingerprint density at radius 3 is 2.59 bits per heavy atom. The van der Waals surface area contributed by atoms with Crippen LogP contribution in [-0.2, 0) is 0 Å². The topological polar surface area (TPSA) is 9.23 Å². The predicted molar refractivity (Wildman–Crippen MR) is 69.7 cm³/mol. The van der Waals surface area contributed by atoms with Gasteiger partial charge in [-0.05, 0) is 34.9 Å². The number of halogens is 2. The van der Waals surface area contributed by atoms with Gasteiger partial charge in [0.05, 0.1) is 12.5 Å². The van der Waals surface area contributed by atoms with Crippen LogP contribution in [0.3, 0.4) is 0 Å². The molecule has 1 unspecified atom stereocenters. The fraction of sp³-hybridized carbons (Fsp3) is 0.231. The van der Waals surface area contributed by atoms with E-state index in [1.807, 2.05) is 17.7 Å². The van der Waals surface area contributed by atoms with Crippen LogP contribution in [0.4, 0.5) is 4.39 Å². The van der Waals surface area contributed by atoms with Crippen molar-refractivity contribution >= 4 is 22.9 Å². The standard InChI is InChI=1S/C13H12ClFOS/c1-8-6-17-7-11(8)13(14)10-4-3-9(16-2)5-12(10)15/h3-7,13H,1-2H3. The molecule has 0 amide bonds. The van der Waals surface area contributed by atoms with Gasteiger partial charge >= 0.3 is 0 Å². The minimum atomic E-state index is -0.452. The molecule has 1 aromatic carbocycles. The Balaban J connectivity index is 2.38. The minimum Gasteiger partial charge on any atom is -0.497 e. The first-order chi connectivity index (χ1) is 8.13. The van der Waals surface area contributed by atoms with Crippen molar-refractivity contribution in [2.45, 2.75) is 12.3 Å². The zero-order valence-corrected chi connectivity index (χ0v) is 11.1. The van der Waals surface area contributed by atoms with Gasteiger partial charge in [-0.15, -0.1) is 11.6 Å². The molecule has 1 aromatic heterocycles. The van der Waals surface area contributed by atoms with Gasteiger partial charge in [-0.3, -0.25) is 0 Å². The second-order valence-electron chi connectivity index (χ2n) is 3.76. The van der Waals surface area contributed by atoms with E-state index < -0.39 is 5.38 Å². The van der Waals surface area contributed by atoms with Gasteiger partial charge < -0.3 is 4.74 Å². The number of rotatable bonds is 3. The first kappa shape index (κ1) is 12.4. The average Bonchev–Trinajstić information content (AvgIpc) is 2.74. The minimum absolute atomic E-state index is 0.338. The molecular weight excluding hydrogens is 259 g/mol. The molecule has 1 nitrogen and oxygen atoms in total. The molecule has 0 aliphatic heterocycles. The summed E-state index contributed by atoms with van der Waals surface area (Å²) >= 11 is 7.88. The van der Waals surface area contributed by atoms with Gasteiger partial charge in [-0.2, -0.15) is 11.3 Å². The van der Waals surface area contributed by atoms with E-state index in [2.05, 4.69) is 0 Å². The Kier molecular flexibility index (Phi) is 3.69. The second kappa shape index (κ2) is 5.07. The SMILES string of the molecule is COc1ccc(C(Cl)c2cscc2C)c(F)c1. The molecule has 0 saturated carbocycles. The Morgan fingerprint density at radius 2 is 2.06 bits per heavy atom. The molecule has 0 radical (unpaired) electrons. The van der Waals surface area contributed by atoms with Crippen LogP contribution < -0.4 is 4.74 Å². The molecule has 0 N–H and O–H groups in total. The van der Waals surface area contributed by atoms with Crippen LogP contribution in [0.5, 0.6) is 5.75 Å². The Morgan fingerprint density at radius 1 is 1.29 bits per heavy atom. The number of hydrogen-bond acceptors (Lipinski definition) is 2. The van der Waals surface area contributed by atoms with Crippen LogP contribution in [0.25, 0.3) is 0 Å². The van der Waals surface area contributed by atoms with Crippen LogP contribution in [0.15, 0.2) is 29.0 Å². The highest BCUT2D eigenvalue weighted by Gasteiger charge is 2.18. The van der Waals surface area contributed by atoms with E-state index >= 15 is 0 Å². The largest absolute Gasteiger partial charge is 0.497 e. The smallest absolute Gasteiger partial charge is 0.131 e. The number of methoxy groups -OCH3 is 1. The number of benzene rings is 1. The van der Waals surface area contributed by atoms with Crippen molar-refractivity contribution in [3.63, 3.8) is 0 Å². The number of thiophene rings is 1. The van der Waals surface area contributed by atoms with E-state index in [0.717, 1.165) is 11.1 Å². The summed E-state index contributed by atoms with van der Waals surface area (Å²) in [4.78, 5) is 0. The molecule has 0 aliphatic carbocycles. The van der Waals surface area contributed by atoms with Crippen LogP contribution >= 0.6 is 22.9 Å². The van der Waals surface area contributed by atoms with Gasteiger partial charge in [-0.25, -0.2) is 4.39 Å². The molecule has 2 rings (SSSR count). The van der Waals surface area contributed by atoms with Crippen molar-refractivity contribution in [1.82, 2.24) is 0 Å². The van der Waals surface area contributed by atoms with Crippen molar-refractivity contribution < 1.29 is 9.13 Å². The van der Waals surface area contributed by atoms with E-state index in [-0.39, 0.29) is 5.82 Å². The predicted octanol–water partition coefficient (Wildman–Crippen LogP) is 4.53. The maximum absolute atomic E-state index is 13.9. The van der Waals surface area contributed by atoms with Gasteiger partial charge in [0.15, 0.2) is 0 Å². The Labute approximate surface area is 109 Å². The summed E-state index contributed by atoms with van der Waals surface area (Å²) < 4.78 is 18.8. The van der Waals surface area contributed by atoms with Gasteiger partial charge in [-0.1, -0.05) is 6.07 Å². The van der Waals surface area contributed by atoms with Gasteiger partial charge in [0.1, 0.15) is 11.6 Å². The summed E-state index contributed by atoms with van der Waals surface area (Å²) in [5.41, 5.74) is 2.53. The highest BCUT2D eigenvalue weighted by Crippen LogP contribution is 2.35. The number of hydrogen-bond donors (Lipinski definition) is 0. The molecule has 1 atom stereocenters. The molecule has 0 saturated heterocycles. The molecule has 0 bridgehead atoms. The molecule has 90 valence electrons. The van der Waals surface area contributed by atoms with Gasteiger partial charge in [0.25, 0.3) is 0 Å². The summed E-state index contributed by atoms with van der Waals surface area (Å²) in [5.74, 6) is 0.159. The summed E-state index contributed by atoms with van der Waals surface area (Å²) in [5, 5.41) is 3.51. The van der Waals surface area contributed by atoms with Crippen LogP contribution in [0.2, 0.25) is 0 Å². The first-order valence-corrected chi connectivity index (χ1v) is 6.51. The quantitative estimate of drug-likeness (QED) is 0.745. The first-order valence-electron chi connectivity index (χ1n) is 5.13. The van der Waals surface area contributed by atoms with Gasteiger partial charge in [0, 0.05) is 11.6 Å². The van der Waals surface area contributed by atoms with Crippen molar-refractivity contribution in [2.24, 2.45) is 0 Å². The van der Waals surface area contributed by atoms with Crippen molar-refractivity contribution in [3.05, 3.63) is 51.5 Å². The van der Waals surface area contributed by atoms with Crippen molar-refractivity contribution in [1.29, 1.82) is 0 Å². The van der Waals surface area contributed by atoms with E-state index in [1.54, 1.807) is 23.5 Å². The van der Waals surface area contributed by atoms with E-state index in [9.17, 15) is 4.39 Å². The normalized spacial score (nSPS) is 12.5. The summed E-state index contributed by atoms with van der Waals surface area (Å²) in [6, 6.07) is 4.74. The molecule has 2 aromatic rings. The molecule has 1 heterocycles. The molecular formula is C13H12ClFOS. The fourth-order valence-electron chi connectivity index (χ4n) is 1.64. The van der Waals surface area contributed by atoms with Crippen LogP contribution in [0, 0.1) is 12.7 Å². The summed E-state index contributed by atoms with van der Waals surface area (Å²) in [7, 11) is 1.51. The second-order valence-corrected chi connectivity index (χ2v) is 4.94. The molecule has 4 heteroatoms. The Bertz CT molecular complexity index is 524. The molecule has 17 heavy (non-hydrogen) atoms. The lowest BCUT2D eigenvalue weighted by atomic mass is 10.0. The lowest BCUT2D eigenvalue weighted by Gasteiger charge is -2.11. The lowest BCUT2D eigenvalue weighted by Crippen LogP contribution is -1.98. The van der Waals surface area contributed by atoms with Crippen LogP contribution in [-0.4, -0.2) is 7.11 Å². The van der Waals surface area contributed by atoms with E-state index in [0.29, 0.717) is 11.3 Å². The van der Waals surface area contributed by atoms with E-state index in [4.69, 9.17) is 16.3 Å². The van der Waals surface area contributed by atoms with Crippen molar-refractivity contribution in [2.75, 3.05) is 7.11 Å². The monoisotopic (exact) mass is 270 g/mol. The lowest BCUT2D eigenvalue weighted by molar-refractivity contribution is 0.410. The van der Waals surface area contributed by atoms with E-state index in [1.165, 1.54) is 13.2 Å². The maximum atomic E-state index is 13.9. The fourth-order valence-corrected chi connectivity index (χ4v) is 3.00. The Hall–Kier alpha value is -1.06. The third-order valence-electron chi connectivity index (χ3n) is 2.65. The number of aryl methyl sites for hydroxylation is 1. The summed E-state index contributed by atoms with van der Waals surface area (Å²) in [6.45, 7) is 1.97. The third kappa shape index (κ3) is 2.45. The summed E-state index contributed by atoms with van der Waals surface area (Å²) in [6.07, 6.45) is 0. The highest BCUT2D eigenvalue weighted by molar-refractivity contribution is 7.08. The molecule has 0 fully saturated rings. The third-order valence-corrected chi connectivity index (χ3v) is 4.00. The average molecular weight is 271 g/mol.